The van der Waals surface area contributed by atoms with Crippen LogP contribution in [0, 0.1) is 0 Å². The Morgan fingerprint density at radius 3 is 1.17 bits per heavy atom. The first kappa shape index (κ1) is 17.3. The van der Waals surface area contributed by atoms with Crippen molar-refractivity contribution in [3.8, 4) is 0 Å². The topological polar surface area (TPSA) is 20.2 Å². The third kappa shape index (κ3) is 3.06. The second-order valence-electron chi connectivity index (χ2n) is 5.02. The molecule has 0 saturated carbocycles. The van der Waals surface area contributed by atoms with Gasteiger partial charge in [0.2, 0.25) is 0 Å². The number of rotatable bonds is 3. The maximum absolute atomic E-state index is 13.3. The summed E-state index contributed by atoms with van der Waals surface area (Å²) in [6.45, 7) is 0. The van der Waals surface area contributed by atoms with Gasteiger partial charge in [0, 0.05) is 0 Å². The molecule has 2 aromatic rings. The average Bonchev–Trinajstić information content (AvgIpc) is 2.47. The molecule has 0 radical (unpaired) electrons. The number of hydrogen-bond acceptors (Lipinski definition) is 1. The van der Waals surface area contributed by atoms with Gasteiger partial charge in [-0.3, -0.25) is 0 Å². The van der Waals surface area contributed by atoms with Crippen LogP contribution in [0.5, 0.6) is 0 Å². The maximum Gasteiger partial charge on any atom is 0.427 e. The molecule has 1 nitrogen and oxygen atoms in total. The summed E-state index contributed by atoms with van der Waals surface area (Å²) >= 11 is 0. The van der Waals surface area contributed by atoms with Crippen LogP contribution in [0.2, 0.25) is 0 Å². The fraction of sp³-hybridized carbons (Fsp3) is 0.250. The zero-order valence-electron chi connectivity index (χ0n) is 11.6. The van der Waals surface area contributed by atoms with Crippen molar-refractivity contribution >= 4 is 0 Å². The Bertz CT molecular complexity index is 580. The van der Waals surface area contributed by atoms with Gasteiger partial charge in [-0.25, -0.2) is 0 Å². The Labute approximate surface area is 128 Å². The molecule has 0 fully saturated rings. The molecule has 23 heavy (non-hydrogen) atoms. The van der Waals surface area contributed by atoms with Crippen LogP contribution in [0.15, 0.2) is 60.7 Å². The largest absolute Gasteiger partial charge is 0.427 e. The summed E-state index contributed by atoms with van der Waals surface area (Å²) in [6, 6.07) is 12.7. The van der Waals surface area contributed by atoms with E-state index in [2.05, 4.69) is 0 Å². The van der Waals surface area contributed by atoms with Crippen LogP contribution < -0.4 is 0 Å². The van der Waals surface area contributed by atoms with Gasteiger partial charge >= 0.3 is 12.4 Å². The Hall–Kier alpha value is -2.02. The van der Waals surface area contributed by atoms with Crippen molar-refractivity contribution in [3.63, 3.8) is 0 Å². The van der Waals surface area contributed by atoms with E-state index in [0.717, 1.165) is 24.3 Å². The van der Waals surface area contributed by atoms with Crippen LogP contribution in [0.1, 0.15) is 17.0 Å². The quantitative estimate of drug-likeness (QED) is 0.809. The predicted octanol–water partition coefficient (Wildman–Crippen LogP) is 4.67. The summed E-state index contributed by atoms with van der Waals surface area (Å²) in [5.41, 5.74) is -5.46. The second-order valence-corrected chi connectivity index (χ2v) is 5.02. The molecule has 1 N–H and O–H groups in total. The highest BCUT2D eigenvalue weighted by Gasteiger charge is 2.74. The lowest BCUT2D eigenvalue weighted by Gasteiger charge is -2.39. The van der Waals surface area contributed by atoms with Gasteiger partial charge in [0.15, 0.2) is 0 Å². The van der Waals surface area contributed by atoms with Crippen molar-refractivity contribution < 1.29 is 31.4 Å². The molecule has 2 rings (SSSR count). The average molecular weight is 334 g/mol. The zero-order chi connectivity index (χ0) is 17.3. The number of aliphatic hydroxyl groups is 1. The van der Waals surface area contributed by atoms with Crippen molar-refractivity contribution in [3.05, 3.63) is 71.8 Å². The standard InChI is InChI=1S/C16H12F6O/c17-15(18,19)14(23,16(20,21)22)13(11-7-3-1-4-8-11)12-9-5-2-6-10-12/h1-10,13,23H. The van der Waals surface area contributed by atoms with Gasteiger partial charge in [-0.15, -0.1) is 0 Å². The van der Waals surface area contributed by atoms with Crippen molar-refractivity contribution in [2.75, 3.05) is 0 Å². The van der Waals surface area contributed by atoms with E-state index in [0.29, 0.717) is 0 Å². The maximum atomic E-state index is 13.3. The highest BCUT2D eigenvalue weighted by molar-refractivity contribution is 5.37. The fourth-order valence-corrected chi connectivity index (χ4v) is 2.45. The normalized spacial score (nSPS) is 13.4. The minimum absolute atomic E-state index is 0.282. The summed E-state index contributed by atoms with van der Waals surface area (Å²) < 4.78 is 79.5. The SMILES string of the molecule is OC(C(c1ccccc1)c1ccccc1)(C(F)(F)F)C(F)(F)F. The molecule has 0 atom stereocenters. The minimum Gasteiger partial charge on any atom is -0.373 e. The van der Waals surface area contributed by atoms with Crippen LogP contribution in [0.3, 0.4) is 0 Å². The molecule has 2 aromatic carbocycles. The molecule has 0 spiro atoms. The fourth-order valence-electron chi connectivity index (χ4n) is 2.45. The summed E-state index contributed by atoms with van der Waals surface area (Å²) in [7, 11) is 0. The summed E-state index contributed by atoms with van der Waals surface area (Å²) in [4.78, 5) is 0. The molecule has 0 heterocycles. The van der Waals surface area contributed by atoms with E-state index in [9.17, 15) is 31.4 Å². The Balaban J connectivity index is 2.75. The van der Waals surface area contributed by atoms with Gasteiger partial charge in [0.05, 0.1) is 5.92 Å². The van der Waals surface area contributed by atoms with Crippen LogP contribution >= 0.6 is 0 Å². The van der Waals surface area contributed by atoms with E-state index >= 15 is 0 Å². The third-order valence-corrected chi connectivity index (χ3v) is 3.55. The van der Waals surface area contributed by atoms with Crippen LogP contribution in [0.4, 0.5) is 26.3 Å². The second kappa shape index (κ2) is 5.88. The number of hydrogen-bond donors (Lipinski definition) is 1. The molecule has 124 valence electrons. The lowest BCUT2D eigenvalue weighted by Crippen LogP contribution is -2.60. The molecule has 0 aliphatic rings. The van der Waals surface area contributed by atoms with Gasteiger partial charge < -0.3 is 5.11 Å². The molecular formula is C16H12F6O. The number of alkyl halides is 6. The first-order chi connectivity index (χ1) is 10.6. The van der Waals surface area contributed by atoms with Crippen molar-refractivity contribution in [1.82, 2.24) is 0 Å². The van der Waals surface area contributed by atoms with Crippen molar-refractivity contribution in [2.24, 2.45) is 0 Å². The van der Waals surface area contributed by atoms with Crippen LogP contribution in [-0.2, 0) is 0 Å². The predicted molar refractivity (Wildman–Crippen MR) is 71.8 cm³/mol. The molecule has 0 saturated heterocycles. The van der Waals surface area contributed by atoms with Gasteiger partial charge in [-0.05, 0) is 11.1 Å². The van der Waals surface area contributed by atoms with Gasteiger partial charge in [-0.2, -0.15) is 26.3 Å². The minimum atomic E-state index is -5.90. The number of benzene rings is 2. The summed E-state index contributed by atoms with van der Waals surface area (Å²) in [6.07, 6.45) is -11.8. The van der Waals surface area contributed by atoms with Gasteiger partial charge in [0.1, 0.15) is 0 Å². The highest BCUT2D eigenvalue weighted by atomic mass is 19.4. The van der Waals surface area contributed by atoms with E-state index < -0.39 is 23.9 Å². The monoisotopic (exact) mass is 334 g/mol. The molecule has 0 amide bonds. The Morgan fingerprint density at radius 1 is 0.609 bits per heavy atom. The molecule has 0 aliphatic carbocycles. The smallest absolute Gasteiger partial charge is 0.373 e. The number of halogens is 6. The van der Waals surface area contributed by atoms with E-state index in [1.807, 2.05) is 0 Å². The first-order valence-corrected chi connectivity index (χ1v) is 6.54. The molecule has 7 heteroatoms. The van der Waals surface area contributed by atoms with E-state index in [-0.39, 0.29) is 11.1 Å². The van der Waals surface area contributed by atoms with Crippen molar-refractivity contribution in [2.45, 2.75) is 23.9 Å². The zero-order valence-corrected chi connectivity index (χ0v) is 11.6. The lowest BCUT2D eigenvalue weighted by molar-refractivity contribution is -0.372. The lowest BCUT2D eigenvalue weighted by atomic mass is 9.76. The van der Waals surface area contributed by atoms with Crippen LogP contribution in [0.25, 0.3) is 0 Å². The Morgan fingerprint density at radius 2 is 0.913 bits per heavy atom. The van der Waals surface area contributed by atoms with E-state index in [1.54, 1.807) is 0 Å². The molecule has 0 unspecified atom stereocenters. The Kier molecular flexibility index (Phi) is 4.43. The van der Waals surface area contributed by atoms with Crippen LogP contribution in [-0.4, -0.2) is 23.1 Å². The van der Waals surface area contributed by atoms with E-state index in [1.165, 1.54) is 36.4 Å². The molecular weight excluding hydrogens is 322 g/mol. The molecule has 0 bridgehead atoms. The van der Waals surface area contributed by atoms with Crippen molar-refractivity contribution in [1.29, 1.82) is 0 Å². The molecule has 0 aliphatic heterocycles. The van der Waals surface area contributed by atoms with Gasteiger partial charge in [-0.1, -0.05) is 60.7 Å². The van der Waals surface area contributed by atoms with E-state index in [4.69, 9.17) is 0 Å². The third-order valence-electron chi connectivity index (χ3n) is 3.55. The van der Waals surface area contributed by atoms with Gasteiger partial charge in [0.25, 0.3) is 5.60 Å². The highest BCUT2D eigenvalue weighted by Crippen LogP contribution is 2.53. The first-order valence-electron chi connectivity index (χ1n) is 6.54. The summed E-state index contributed by atoms with van der Waals surface area (Å²) in [5, 5.41) is 9.80. The summed E-state index contributed by atoms with van der Waals surface area (Å²) in [5.74, 6) is -2.33. The molecule has 0 aromatic heterocycles.